The fourth-order valence-electron chi connectivity index (χ4n) is 3.43. The van der Waals surface area contributed by atoms with E-state index in [2.05, 4.69) is 15.5 Å². The van der Waals surface area contributed by atoms with Gasteiger partial charge in [-0.1, -0.05) is 18.2 Å². The Labute approximate surface area is 146 Å². The Balaban J connectivity index is 1.41. The molecule has 2 aromatic rings. The third-order valence-electron chi connectivity index (χ3n) is 4.88. The van der Waals surface area contributed by atoms with Gasteiger partial charge < -0.3 is 15.1 Å². The summed E-state index contributed by atoms with van der Waals surface area (Å²) in [5.74, 6) is -0.0259. The van der Waals surface area contributed by atoms with Crippen LogP contribution in [0.3, 0.4) is 0 Å². The molecular weight excluding hydrogens is 318 g/mol. The third-order valence-corrected chi connectivity index (χ3v) is 4.88. The lowest BCUT2D eigenvalue weighted by Crippen LogP contribution is -2.50. The molecule has 2 N–H and O–H groups in total. The molecule has 7 nitrogen and oxygen atoms in total. The maximum Gasteiger partial charge on any atom is 0.274 e. The second-order valence-corrected chi connectivity index (χ2v) is 6.41. The number of nitrogens with one attached hydrogen (secondary N) is 2. The van der Waals surface area contributed by atoms with Crippen LogP contribution >= 0.6 is 0 Å². The number of aromatic amines is 1. The van der Waals surface area contributed by atoms with Crippen molar-refractivity contribution >= 4 is 11.8 Å². The van der Waals surface area contributed by atoms with Crippen LogP contribution in [0.4, 0.5) is 0 Å². The first kappa shape index (κ1) is 15.8. The highest BCUT2D eigenvalue weighted by molar-refractivity contribution is 5.95. The highest BCUT2D eigenvalue weighted by Crippen LogP contribution is 2.18. The Bertz CT molecular complexity index is 778. The molecule has 2 amide bonds. The van der Waals surface area contributed by atoms with Gasteiger partial charge in [0.15, 0.2) is 5.69 Å². The van der Waals surface area contributed by atoms with Crippen molar-refractivity contribution < 1.29 is 9.59 Å². The van der Waals surface area contributed by atoms with Crippen molar-refractivity contribution in [3.8, 4) is 0 Å². The summed E-state index contributed by atoms with van der Waals surface area (Å²) >= 11 is 0. The maximum absolute atomic E-state index is 12.8. The van der Waals surface area contributed by atoms with Crippen molar-refractivity contribution in [2.45, 2.75) is 13.0 Å². The minimum Gasteiger partial charge on any atom is -0.335 e. The molecule has 7 heteroatoms. The van der Waals surface area contributed by atoms with E-state index >= 15 is 0 Å². The lowest BCUT2D eigenvalue weighted by atomic mass is 10.1. The molecule has 4 rings (SSSR count). The first-order valence-electron chi connectivity index (χ1n) is 8.64. The van der Waals surface area contributed by atoms with Gasteiger partial charge in [0.05, 0.1) is 0 Å². The average Bonchev–Trinajstić information content (AvgIpc) is 3.12. The second kappa shape index (κ2) is 6.68. The summed E-state index contributed by atoms with van der Waals surface area (Å²) in [6.45, 7) is 3.75. The van der Waals surface area contributed by atoms with Gasteiger partial charge in [0.2, 0.25) is 0 Å². The van der Waals surface area contributed by atoms with Gasteiger partial charge in [-0.05, 0) is 12.1 Å². The van der Waals surface area contributed by atoms with Gasteiger partial charge in [0.25, 0.3) is 11.8 Å². The minimum absolute atomic E-state index is 0.0223. The predicted molar refractivity (Wildman–Crippen MR) is 92.2 cm³/mol. The highest BCUT2D eigenvalue weighted by atomic mass is 16.2. The zero-order valence-corrected chi connectivity index (χ0v) is 14.0. The number of amides is 2. The largest absolute Gasteiger partial charge is 0.335 e. The first-order chi connectivity index (χ1) is 12.2. The van der Waals surface area contributed by atoms with Crippen molar-refractivity contribution in [3.05, 3.63) is 52.8 Å². The number of rotatable bonds is 2. The molecular formula is C18H21N5O2. The molecule has 0 unspecified atom stereocenters. The number of nitrogens with zero attached hydrogens (tertiary/aromatic N) is 3. The molecule has 0 saturated carbocycles. The summed E-state index contributed by atoms with van der Waals surface area (Å²) in [6, 6.07) is 9.27. The zero-order valence-electron chi connectivity index (χ0n) is 14.0. The Morgan fingerprint density at radius 2 is 1.64 bits per heavy atom. The first-order valence-corrected chi connectivity index (χ1v) is 8.64. The molecule has 3 heterocycles. The van der Waals surface area contributed by atoms with Crippen molar-refractivity contribution in [3.63, 3.8) is 0 Å². The number of hydrogen-bond acceptors (Lipinski definition) is 4. The summed E-state index contributed by atoms with van der Waals surface area (Å²) in [7, 11) is 0. The van der Waals surface area contributed by atoms with E-state index in [1.807, 2.05) is 30.3 Å². The van der Waals surface area contributed by atoms with Crippen LogP contribution in [0, 0.1) is 0 Å². The molecule has 1 fully saturated rings. The summed E-state index contributed by atoms with van der Waals surface area (Å²) in [6.07, 6.45) is 0.870. The van der Waals surface area contributed by atoms with Crippen LogP contribution in [0.25, 0.3) is 0 Å². The summed E-state index contributed by atoms with van der Waals surface area (Å²) < 4.78 is 0. The topological polar surface area (TPSA) is 81.3 Å². The quantitative estimate of drug-likeness (QED) is 0.842. The van der Waals surface area contributed by atoms with Gasteiger partial charge in [-0.2, -0.15) is 5.10 Å². The summed E-state index contributed by atoms with van der Waals surface area (Å²) in [4.78, 5) is 28.9. The number of carbonyl (C=O) groups is 2. The number of aromatic nitrogens is 2. The Morgan fingerprint density at radius 3 is 2.36 bits per heavy atom. The monoisotopic (exact) mass is 339 g/mol. The van der Waals surface area contributed by atoms with Crippen molar-refractivity contribution in [1.82, 2.24) is 25.3 Å². The van der Waals surface area contributed by atoms with Crippen LogP contribution < -0.4 is 5.32 Å². The SMILES string of the molecule is O=C(c1ccccc1)N1CCN(C(=O)c2n[nH]c3c2CNCC3)CC1. The number of hydrogen-bond donors (Lipinski definition) is 2. The lowest BCUT2D eigenvalue weighted by Gasteiger charge is -2.34. The Kier molecular flexibility index (Phi) is 4.23. The number of piperazine rings is 1. The van der Waals surface area contributed by atoms with Crippen molar-refractivity contribution in [1.29, 1.82) is 0 Å². The van der Waals surface area contributed by atoms with E-state index in [1.54, 1.807) is 9.80 Å². The molecule has 0 atom stereocenters. The molecule has 1 aromatic carbocycles. The molecule has 2 aliphatic heterocycles. The van der Waals surface area contributed by atoms with Crippen LogP contribution in [0.2, 0.25) is 0 Å². The van der Waals surface area contributed by atoms with Crippen molar-refractivity contribution in [2.75, 3.05) is 32.7 Å². The van der Waals surface area contributed by atoms with Gasteiger partial charge >= 0.3 is 0 Å². The van der Waals surface area contributed by atoms with E-state index in [-0.39, 0.29) is 11.8 Å². The van der Waals surface area contributed by atoms with Gasteiger partial charge in [0, 0.05) is 62.5 Å². The molecule has 130 valence electrons. The van der Waals surface area contributed by atoms with Crippen LogP contribution in [0.5, 0.6) is 0 Å². The molecule has 1 saturated heterocycles. The van der Waals surface area contributed by atoms with E-state index in [1.165, 1.54) is 0 Å². The van der Waals surface area contributed by atoms with Crippen molar-refractivity contribution in [2.24, 2.45) is 0 Å². The molecule has 1 aromatic heterocycles. The fourth-order valence-corrected chi connectivity index (χ4v) is 3.43. The molecule has 0 bridgehead atoms. The van der Waals surface area contributed by atoms with E-state index in [4.69, 9.17) is 0 Å². The van der Waals surface area contributed by atoms with E-state index in [9.17, 15) is 9.59 Å². The molecule has 0 aliphatic carbocycles. The molecule has 0 spiro atoms. The van der Waals surface area contributed by atoms with E-state index < -0.39 is 0 Å². The van der Waals surface area contributed by atoms with Crippen LogP contribution in [-0.2, 0) is 13.0 Å². The van der Waals surface area contributed by atoms with Crippen LogP contribution in [0.15, 0.2) is 30.3 Å². The maximum atomic E-state index is 12.8. The minimum atomic E-state index is -0.0481. The Hall–Kier alpha value is -2.67. The van der Waals surface area contributed by atoms with Gasteiger partial charge in [-0.15, -0.1) is 0 Å². The highest BCUT2D eigenvalue weighted by Gasteiger charge is 2.29. The zero-order chi connectivity index (χ0) is 17.2. The van der Waals surface area contributed by atoms with Gasteiger partial charge in [0.1, 0.15) is 0 Å². The lowest BCUT2D eigenvalue weighted by molar-refractivity contribution is 0.0531. The smallest absolute Gasteiger partial charge is 0.274 e. The van der Waals surface area contributed by atoms with Gasteiger partial charge in [-0.25, -0.2) is 0 Å². The summed E-state index contributed by atoms with van der Waals surface area (Å²) in [5, 5.41) is 10.5. The fraction of sp³-hybridized carbons (Fsp3) is 0.389. The van der Waals surface area contributed by atoms with E-state index in [0.717, 1.165) is 24.2 Å². The number of H-pyrrole nitrogens is 1. The average molecular weight is 339 g/mol. The second-order valence-electron chi connectivity index (χ2n) is 6.41. The standard InChI is InChI=1S/C18H21N5O2/c24-17(13-4-2-1-3-5-13)22-8-10-23(11-9-22)18(25)16-14-12-19-7-6-15(14)20-21-16/h1-5,19H,6-12H2,(H,20,21). The number of carbonyl (C=O) groups excluding carboxylic acids is 2. The van der Waals surface area contributed by atoms with Crippen LogP contribution in [-0.4, -0.2) is 64.5 Å². The molecule has 0 radical (unpaired) electrons. The Morgan fingerprint density at radius 1 is 0.960 bits per heavy atom. The number of fused-ring (bicyclic) bond motifs is 1. The predicted octanol–water partition coefficient (Wildman–Crippen LogP) is 0.654. The van der Waals surface area contributed by atoms with E-state index in [0.29, 0.717) is 44.0 Å². The molecule has 25 heavy (non-hydrogen) atoms. The molecule has 2 aliphatic rings. The number of benzene rings is 1. The normalized spacial score (nSPS) is 17.3. The van der Waals surface area contributed by atoms with Gasteiger partial charge in [-0.3, -0.25) is 14.7 Å². The summed E-state index contributed by atoms with van der Waals surface area (Å²) in [5.41, 5.74) is 3.25. The van der Waals surface area contributed by atoms with Crippen LogP contribution in [0.1, 0.15) is 32.1 Å². The third kappa shape index (κ3) is 3.02.